The van der Waals surface area contributed by atoms with Crippen molar-refractivity contribution in [3.63, 3.8) is 0 Å². The molecule has 0 spiro atoms. The van der Waals surface area contributed by atoms with Crippen LogP contribution >= 0.6 is 15.9 Å². The van der Waals surface area contributed by atoms with Gasteiger partial charge in [0.2, 0.25) is 5.91 Å². The molecule has 0 aliphatic carbocycles. The third-order valence-corrected chi connectivity index (χ3v) is 5.43. The van der Waals surface area contributed by atoms with Gasteiger partial charge in [-0.25, -0.2) is 0 Å². The third-order valence-electron chi connectivity index (χ3n) is 3.62. The molecule has 1 aliphatic rings. The summed E-state index contributed by atoms with van der Waals surface area (Å²) in [5.74, 6) is -0.381. The topological polar surface area (TPSA) is 54.5 Å². The number of anilines is 1. The number of benzene rings is 2. The van der Waals surface area contributed by atoms with E-state index in [0.29, 0.717) is 5.69 Å². The predicted molar refractivity (Wildman–Crippen MR) is 82.4 cm³/mol. The molecule has 1 heterocycles. The molecule has 21 heavy (non-hydrogen) atoms. The van der Waals surface area contributed by atoms with Crippen molar-refractivity contribution < 1.29 is 17.1 Å². The zero-order valence-corrected chi connectivity index (χ0v) is 13.2. The highest BCUT2D eigenvalue weighted by Gasteiger charge is 2.39. The number of carbonyl (C=O) groups excluding carboxylic acids is 1. The van der Waals surface area contributed by atoms with E-state index in [1.165, 1.54) is 4.90 Å². The molecule has 0 aromatic heterocycles. The van der Waals surface area contributed by atoms with Gasteiger partial charge in [-0.1, -0.05) is 40.2 Å². The van der Waals surface area contributed by atoms with E-state index in [4.69, 9.17) is 0 Å². The van der Waals surface area contributed by atoms with Crippen molar-refractivity contribution in [1.29, 1.82) is 0 Å². The highest BCUT2D eigenvalue weighted by Crippen LogP contribution is 2.34. The monoisotopic (exact) mass is 371 g/mol. The fourth-order valence-corrected chi connectivity index (χ4v) is 3.75. The van der Waals surface area contributed by atoms with Crippen LogP contribution in [0.3, 0.4) is 0 Å². The van der Waals surface area contributed by atoms with Gasteiger partial charge in [0.05, 0.1) is 5.69 Å². The first-order valence-corrected chi connectivity index (χ1v) is 8.53. The molecule has 110 valence electrons. The molecule has 0 saturated carbocycles. The number of hydrogen-bond acceptors (Lipinski definition) is 3. The Hall–Kier alpha value is -1.47. The van der Waals surface area contributed by atoms with Gasteiger partial charge in [-0.2, -0.15) is 8.42 Å². The maximum atomic E-state index is 13.1. The first-order chi connectivity index (χ1) is 9.88. The van der Waals surface area contributed by atoms with Crippen molar-refractivity contribution in [2.24, 2.45) is 0 Å². The van der Waals surface area contributed by atoms with Gasteiger partial charge in [-0.3, -0.25) is 4.79 Å². The molecule has 1 saturated heterocycles. The third kappa shape index (κ3) is 2.55. The molecule has 2 aromatic carbocycles. The van der Waals surface area contributed by atoms with Crippen molar-refractivity contribution in [3.05, 3.63) is 40.9 Å². The van der Waals surface area contributed by atoms with Crippen LogP contribution < -0.4 is 4.90 Å². The highest BCUT2D eigenvalue weighted by atomic mass is 79.9. The summed E-state index contributed by atoms with van der Waals surface area (Å²) in [7, 11) is -4.71. The summed E-state index contributed by atoms with van der Waals surface area (Å²) in [4.78, 5) is 13.4. The molecule has 0 N–H and O–H groups in total. The number of nitrogens with zero attached hydrogens (tertiary/aromatic N) is 1. The molecule has 1 fully saturated rings. The summed E-state index contributed by atoms with van der Waals surface area (Å²) in [6, 6.07) is 11.0. The minimum Gasteiger partial charge on any atom is -0.310 e. The van der Waals surface area contributed by atoms with Crippen molar-refractivity contribution >= 4 is 48.5 Å². The first kappa shape index (κ1) is 14.5. The van der Waals surface area contributed by atoms with Crippen LogP contribution in [0.25, 0.3) is 10.8 Å². The van der Waals surface area contributed by atoms with Crippen LogP contribution in [0.4, 0.5) is 9.57 Å². The summed E-state index contributed by atoms with van der Waals surface area (Å²) in [5, 5.41) is 0.443. The lowest BCUT2D eigenvalue weighted by atomic mass is 10.1. The summed E-state index contributed by atoms with van der Waals surface area (Å²) in [6.07, 6.45) is -0.316. The smallest absolute Gasteiger partial charge is 0.307 e. The standard InChI is InChI=1S/C14H11BrFNO3S/c15-12-5-1-4-11-10(12)3-2-6-13(11)17-8-9(7-14(17)18)21(16,19)20/h1-6,9H,7-8H2. The van der Waals surface area contributed by atoms with Crippen LogP contribution in [0, 0.1) is 0 Å². The van der Waals surface area contributed by atoms with Crippen LogP contribution in [0.1, 0.15) is 6.42 Å². The normalized spacial score (nSPS) is 19.4. The van der Waals surface area contributed by atoms with E-state index >= 15 is 0 Å². The van der Waals surface area contributed by atoms with E-state index in [9.17, 15) is 17.1 Å². The van der Waals surface area contributed by atoms with E-state index in [-0.39, 0.29) is 18.9 Å². The van der Waals surface area contributed by atoms with E-state index < -0.39 is 15.5 Å². The fourth-order valence-electron chi connectivity index (χ4n) is 2.59. The van der Waals surface area contributed by atoms with E-state index in [2.05, 4.69) is 15.9 Å². The maximum absolute atomic E-state index is 13.1. The number of rotatable bonds is 2. The molecular weight excluding hydrogens is 361 g/mol. The lowest BCUT2D eigenvalue weighted by Crippen LogP contribution is -2.27. The van der Waals surface area contributed by atoms with Gasteiger partial charge in [-0.05, 0) is 17.5 Å². The number of carbonyl (C=O) groups is 1. The van der Waals surface area contributed by atoms with Gasteiger partial charge < -0.3 is 4.90 Å². The summed E-state index contributed by atoms with van der Waals surface area (Å²) < 4.78 is 36.0. The van der Waals surface area contributed by atoms with Gasteiger partial charge >= 0.3 is 10.2 Å². The van der Waals surface area contributed by atoms with Crippen LogP contribution in [0.5, 0.6) is 0 Å². The second-order valence-electron chi connectivity index (χ2n) is 4.92. The Bertz CT molecular complexity index is 837. The average Bonchev–Trinajstić information content (AvgIpc) is 2.81. The lowest BCUT2D eigenvalue weighted by Gasteiger charge is -2.18. The number of halogens is 2. The predicted octanol–water partition coefficient (Wildman–Crippen LogP) is 3.01. The van der Waals surface area contributed by atoms with Crippen LogP contribution in [-0.4, -0.2) is 26.1 Å². The van der Waals surface area contributed by atoms with E-state index in [1.807, 2.05) is 24.3 Å². The van der Waals surface area contributed by atoms with Gasteiger partial charge in [0.15, 0.2) is 0 Å². The highest BCUT2D eigenvalue weighted by molar-refractivity contribution is 9.10. The van der Waals surface area contributed by atoms with E-state index in [0.717, 1.165) is 15.2 Å². The average molecular weight is 372 g/mol. The number of amides is 1. The molecule has 1 unspecified atom stereocenters. The number of hydrogen-bond donors (Lipinski definition) is 0. The minimum atomic E-state index is -4.71. The maximum Gasteiger partial charge on any atom is 0.307 e. The largest absolute Gasteiger partial charge is 0.310 e. The first-order valence-electron chi connectivity index (χ1n) is 6.29. The second-order valence-corrected chi connectivity index (χ2v) is 7.39. The van der Waals surface area contributed by atoms with Crippen molar-refractivity contribution in [3.8, 4) is 0 Å². The zero-order valence-electron chi connectivity index (χ0n) is 10.8. The molecule has 7 heteroatoms. The number of fused-ring (bicyclic) bond motifs is 1. The Morgan fingerprint density at radius 1 is 1.14 bits per heavy atom. The molecule has 4 nitrogen and oxygen atoms in total. The SMILES string of the molecule is O=C1CC(S(=O)(=O)F)CN1c1cccc2c(Br)cccc12. The fraction of sp³-hybridized carbons (Fsp3) is 0.214. The molecule has 0 radical (unpaired) electrons. The second kappa shape index (κ2) is 5.06. The summed E-state index contributed by atoms with van der Waals surface area (Å²) in [5.41, 5.74) is 0.602. The van der Waals surface area contributed by atoms with Crippen molar-refractivity contribution in [1.82, 2.24) is 0 Å². The van der Waals surface area contributed by atoms with E-state index in [1.54, 1.807) is 12.1 Å². The quantitative estimate of drug-likeness (QED) is 0.762. The molecule has 2 aromatic rings. The van der Waals surface area contributed by atoms with Gasteiger partial charge in [0.25, 0.3) is 0 Å². The zero-order chi connectivity index (χ0) is 15.2. The molecule has 1 amide bonds. The Labute approximate surface area is 129 Å². The van der Waals surface area contributed by atoms with Gasteiger partial charge in [-0.15, -0.1) is 3.89 Å². The van der Waals surface area contributed by atoms with Crippen LogP contribution in [-0.2, 0) is 15.0 Å². The molecule has 0 bridgehead atoms. The lowest BCUT2D eigenvalue weighted by molar-refractivity contribution is -0.117. The molecular formula is C14H11BrFNO3S. The minimum absolute atomic E-state index is 0.150. The van der Waals surface area contributed by atoms with Crippen LogP contribution in [0.2, 0.25) is 0 Å². The summed E-state index contributed by atoms with van der Waals surface area (Å²) >= 11 is 3.44. The Morgan fingerprint density at radius 3 is 2.48 bits per heavy atom. The molecule has 1 atom stereocenters. The van der Waals surface area contributed by atoms with Gasteiger partial charge in [0, 0.05) is 22.8 Å². The molecule has 3 rings (SSSR count). The van der Waals surface area contributed by atoms with Gasteiger partial charge in [0.1, 0.15) is 5.25 Å². The van der Waals surface area contributed by atoms with Crippen LogP contribution in [0.15, 0.2) is 40.9 Å². The Balaban J connectivity index is 2.10. The Kier molecular flexibility index (Phi) is 3.49. The summed E-state index contributed by atoms with van der Waals surface area (Å²) in [6.45, 7) is -0.150. The molecule has 1 aliphatic heterocycles. The Morgan fingerprint density at radius 2 is 1.81 bits per heavy atom. The van der Waals surface area contributed by atoms with Crippen molar-refractivity contribution in [2.75, 3.05) is 11.4 Å². The van der Waals surface area contributed by atoms with Crippen molar-refractivity contribution in [2.45, 2.75) is 11.7 Å².